The van der Waals surface area contributed by atoms with E-state index in [2.05, 4.69) is 9.71 Å². The first-order valence-corrected chi connectivity index (χ1v) is 7.71. The van der Waals surface area contributed by atoms with Crippen molar-refractivity contribution in [3.05, 3.63) is 18.5 Å². The van der Waals surface area contributed by atoms with Gasteiger partial charge in [0.2, 0.25) is 10.0 Å². The van der Waals surface area contributed by atoms with Crippen molar-refractivity contribution < 1.29 is 8.42 Å². The van der Waals surface area contributed by atoms with Crippen LogP contribution in [-0.4, -0.2) is 19.9 Å². The van der Waals surface area contributed by atoms with E-state index in [1.54, 1.807) is 0 Å². The third-order valence-corrected chi connectivity index (χ3v) is 5.50. The molecule has 2 aliphatic rings. The number of hydrogen-bond acceptors (Lipinski definition) is 4. The quantitative estimate of drug-likeness (QED) is 0.837. The fraction of sp³-hybridized carbons (Fsp3) is 0.583. The summed E-state index contributed by atoms with van der Waals surface area (Å²) < 4.78 is 27.0. The summed E-state index contributed by atoms with van der Waals surface area (Å²) in [5.74, 6) is 0.728. The van der Waals surface area contributed by atoms with Gasteiger partial charge < -0.3 is 5.73 Å². The fourth-order valence-corrected chi connectivity index (χ4v) is 3.73. The molecule has 3 N–H and O–H groups in total. The standard InChI is InChI=1S/C12H17N3O2S/c13-10-3-6-14-7-11(10)18(16,17)15-8-12(4-5-12)9-1-2-9/h3,6-7,9,15H,1-2,4-5,8H2,(H2,13,14). The lowest BCUT2D eigenvalue weighted by molar-refractivity contribution is 0.432. The normalized spacial score (nSPS) is 21.8. The zero-order chi connectivity index (χ0) is 12.8. The molecule has 0 aromatic carbocycles. The second kappa shape index (κ2) is 3.93. The molecule has 18 heavy (non-hydrogen) atoms. The molecule has 0 saturated heterocycles. The number of nitrogens with zero attached hydrogens (tertiary/aromatic N) is 1. The van der Waals surface area contributed by atoms with Crippen molar-refractivity contribution in [1.29, 1.82) is 0 Å². The molecule has 5 nitrogen and oxygen atoms in total. The van der Waals surface area contributed by atoms with E-state index < -0.39 is 10.0 Å². The summed E-state index contributed by atoms with van der Waals surface area (Å²) in [7, 11) is -3.53. The Morgan fingerprint density at radius 2 is 2.17 bits per heavy atom. The third-order valence-electron chi connectivity index (χ3n) is 4.06. The molecule has 1 aromatic rings. The number of rotatable bonds is 5. The maximum Gasteiger partial charge on any atom is 0.244 e. The second-order valence-corrected chi connectivity index (χ2v) is 7.11. The molecule has 1 heterocycles. The van der Waals surface area contributed by atoms with Gasteiger partial charge in [0.05, 0.1) is 5.69 Å². The van der Waals surface area contributed by atoms with Crippen molar-refractivity contribution in [3.8, 4) is 0 Å². The summed E-state index contributed by atoms with van der Waals surface area (Å²) in [5, 5.41) is 0. The zero-order valence-corrected chi connectivity index (χ0v) is 10.9. The van der Waals surface area contributed by atoms with Gasteiger partial charge in [-0.2, -0.15) is 0 Å². The minimum atomic E-state index is -3.53. The van der Waals surface area contributed by atoms with Gasteiger partial charge in [0.15, 0.2) is 0 Å². The van der Waals surface area contributed by atoms with Gasteiger partial charge in [-0.15, -0.1) is 0 Å². The highest BCUT2D eigenvalue weighted by atomic mass is 32.2. The molecule has 0 amide bonds. The molecule has 0 aliphatic heterocycles. The molecule has 6 heteroatoms. The average molecular weight is 267 g/mol. The van der Waals surface area contributed by atoms with Gasteiger partial charge in [0, 0.05) is 18.9 Å². The monoisotopic (exact) mass is 267 g/mol. The summed E-state index contributed by atoms with van der Waals surface area (Å²) in [4.78, 5) is 3.90. The number of aromatic nitrogens is 1. The Morgan fingerprint density at radius 1 is 1.44 bits per heavy atom. The van der Waals surface area contributed by atoms with Gasteiger partial charge in [0.25, 0.3) is 0 Å². The molecule has 0 spiro atoms. The van der Waals surface area contributed by atoms with E-state index in [1.807, 2.05) is 0 Å². The van der Waals surface area contributed by atoms with Crippen molar-refractivity contribution in [2.24, 2.45) is 11.3 Å². The number of nitrogens with one attached hydrogen (secondary N) is 1. The highest BCUT2D eigenvalue weighted by Gasteiger charge is 2.53. The summed E-state index contributed by atoms with van der Waals surface area (Å²) in [5.41, 5.74) is 6.16. The molecule has 2 fully saturated rings. The Kier molecular flexibility index (Phi) is 2.60. The number of anilines is 1. The maximum absolute atomic E-state index is 12.1. The van der Waals surface area contributed by atoms with Crippen LogP contribution in [0.5, 0.6) is 0 Å². The van der Waals surface area contributed by atoms with Crippen molar-refractivity contribution in [2.45, 2.75) is 30.6 Å². The SMILES string of the molecule is Nc1ccncc1S(=O)(=O)NCC1(C2CC2)CC1. The third kappa shape index (κ3) is 2.10. The van der Waals surface area contributed by atoms with Crippen LogP contribution in [0.1, 0.15) is 25.7 Å². The Balaban J connectivity index is 1.73. The molecular weight excluding hydrogens is 250 g/mol. The molecule has 0 atom stereocenters. The summed E-state index contributed by atoms with van der Waals surface area (Å²) in [6, 6.07) is 1.50. The number of nitrogen functional groups attached to an aromatic ring is 1. The minimum absolute atomic E-state index is 0.0802. The lowest BCUT2D eigenvalue weighted by Gasteiger charge is -2.15. The number of pyridine rings is 1. The lowest BCUT2D eigenvalue weighted by Crippen LogP contribution is -2.31. The molecule has 2 saturated carbocycles. The van der Waals surface area contributed by atoms with Crippen LogP contribution in [0.15, 0.2) is 23.4 Å². The van der Waals surface area contributed by atoms with Crippen LogP contribution in [0.25, 0.3) is 0 Å². The lowest BCUT2D eigenvalue weighted by atomic mass is 10.0. The van der Waals surface area contributed by atoms with Crippen molar-refractivity contribution in [1.82, 2.24) is 9.71 Å². The Hall–Kier alpha value is -1.14. The minimum Gasteiger partial charge on any atom is -0.398 e. The average Bonchev–Trinajstić information content (AvgIpc) is 3.19. The fourth-order valence-electron chi connectivity index (χ4n) is 2.52. The first-order valence-electron chi connectivity index (χ1n) is 6.23. The topological polar surface area (TPSA) is 85.1 Å². The van der Waals surface area contributed by atoms with E-state index >= 15 is 0 Å². The smallest absolute Gasteiger partial charge is 0.244 e. The molecule has 0 unspecified atom stereocenters. The zero-order valence-electron chi connectivity index (χ0n) is 10.1. The van der Waals surface area contributed by atoms with Crippen LogP contribution in [0.2, 0.25) is 0 Å². The van der Waals surface area contributed by atoms with Gasteiger partial charge >= 0.3 is 0 Å². The largest absolute Gasteiger partial charge is 0.398 e. The van der Waals surface area contributed by atoms with Crippen LogP contribution in [0, 0.1) is 11.3 Å². The number of nitrogens with two attached hydrogens (primary N) is 1. The first-order chi connectivity index (χ1) is 8.54. The van der Waals surface area contributed by atoms with Gasteiger partial charge in [-0.3, -0.25) is 4.98 Å². The van der Waals surface area contributed by atoms with Crippen molar-refractivity contribution in [3.63, 3.8) is 0 Å². The molecule has 98 valence electrons. The van der Waals surface area contributed by atoms with E-state index in [9.17, 15) is 8.42 Å². The predicted molar refractivity (Wildman–Crippen MR) is 68.2 cm³/mol. The van der Waals surface area contributed by atoms with Crippen LogP contribution < -0.4 is 10.5 Å². The van der Waals surface area contributed by atoms with E-state index in [1.165, 1.54) is 31.3 Å². The van der Waals surface area contributed by atoms with Gasteiger partial charge in [-0.1, -0.05) is 0 Å². The number of hydrogen-bond donors (Lipinski definition) is 2. The predicted octanol–water partition coefficient (Wildman–Crippen LogP) is 1.13. The summed E-state index contributed by atoms with van der Waals surface area (Å²) in [6.07, 6.45) is 7.56. The van der Waals surface area contributed by atoms with E-state index in [4.69, 9.17) is 5.73 Å². The molecule has 3 rings (SSSR count). The molecule has 1 aromatic heterocycles. The molecule has 2 aliphatic carbocycles. The second-order valence-electron chi connectivity index (χ2n) is 5.37. The van der Waals surface area contributed by atoms with Crippen LogP contribution >= 0.6 is 0 Å². The first kappa shape index (κ1) is 11.9. The van der Waals surface area contributed by atoms with Crippen molar-refractivity contribution >= 4 is 15.7 Å². The van der Waals surface area contributed by atoms with Crippen LogP contribution in [0.3, 0.4) is 0 Å². The van der Waals surface area contributed by atoms with Crippen LogP contribution in [0.4, 0.5) is 5.69 Å². The Morgan fingerprint density at radius 3 is 2.72 bits per heavy atom. The summed E-state index contributed by atoms with van der Waals surface area (Å²) >= 11 is 0. The Bertz CT molecular complexity index is 562. The maximum atomic E-state index is 12.1. The Labute approximate surface area is 107 Å². The van der Waals surface area contributed by atoms with Crippen molar-refractivity contribution in [2.75, 3.05) is 12.3 Å². The molecule has 0 bridgehead atoms. The van der Waals surface area contributed by atoms with Crippen LogP contribution in [-0.2, 0) is 10.0 Å². The highest BCUT2D eigenvalue weighted by Crippen LogP contribution is 2.60. The van der Waals surface area contributed by atoms with Gasteiger partial charge in [-0.05, 0) is 43.1 Å². The highest BCUT2D eigenvalue weighted by molar-refractivity contribution is 7.89. The summed E-state index contributed by atoms with van der Waals surface area (Å²) in [6.45, 7) is 0.536. The van der Waals surface area contributed by atoms with Gasteiger partial charge in [0.1, 0.15) is 4.90 Å². The van der Waals surface area contributed by atoms with E-state index in [0.717, 1.165) is 18.8 Å². The number of sulfonamides is 1. The van der Waals surface area contributed by atoms with E-state index in [-0.39, 0.29) is 16.0 Å². The van der Waals surface area contributed by atoms with E-state index in [0.29, 0.717) is 6.54 Å². The van der Waals surface area contributed by atoms with Gasteiger partial charge in [-0.25, -0.2) is 13.1 Å². The molecular formula is C12H17N3O2S. The molecule has 0 radical (unpaired) electrons.